The fraction of sp³-hybridized carbons (Fsp3) is 0.538. The SMILES string of the molecule is CC(O)c1cc(NCC2CC2)ccc1CS(=O)[O-]. The Bertz CT molecular complexity index is 444. The summed E-state index contributed by atoms with van der Waals surface area (Å²) in [6.07, 6.45) is 1.90. The molecule has 18 heavy (non-hydrogen) atoms. The molecule has 0 aliphatic heterocycles. The van der Waals surface area contributed by atoms with Crippen molar-refractivity contribution >= 4 is 16.8 Å². The Hall–Kier alpha value is -0.910. The van der Waals surface area contributed by atoms with Crippen LogP contribution >= 0.6 is 0 Å². The Morgan fingerprint density at radius 3 is 2.83 bits per heavy atom. The zero-order chi connectivity index (χ0) is 13.1. The molecule has 2 atom stereocenters. The summed E-state index contributed by atoms with van der Waals surface area (Å²) in [5.74, 6) is 0.720. The fourth-order valence-corrected chi connectivity index (χ4v) is 2.45. The quantitative estimate of drug-likeness (QED) is 0.773. The van der Waals surface area contributed by atoms with E-state index in [-0.39, 0.29) is 5.75 Å². The highest BCUT2D eigenvalue weighted by molar-refractivity contribution is 7.78. The van der Waals surface area contributed by atoms with E-state index < -0.39 is 17.2 Å². The van der Waals surface area contributed by atoms with Crippen molar-refractivity contribution in [1.82, 2.24) is 0 Å². The number of nitrogens with one attached hydrogen (secondary N) is 1. The second-order valence-corrected chi connectivity index (χ2v) is 5.76. The molecule has 0 heterocycles. The number of hydrogen-bond donors (Lipinski definition) is 2. The van der Waals surface area contributed by atoms with Crippen molar-refractivity contribution in [3.05, 3.63) is 29.3 Å². The van der Waals surface area contributed by atoms with Gasteiger partial charge in [-0.25, -0.2) is 0 Å². The summed E-state index contributed by atoms with van der Waals surface area (Å²) in [4.78, 5) is 0. The van der Waals surface area contributed by atoms with Crippen LogP contribution in [-0.2, 0) is 16.8 Å². The molecule has 4 nitrogen and oxygen atoms in total. The third-order valence-electron chi connectivity index (χ3n) is 3.16. The summed E-state index contributed by atoms with van der Waals surface area (Å²) in [6, 6.07) is 5.48. The highest BCUT2D eigenvalue weighted by Gasteiger charge is 2.20. The molecule has 0 radical (unpaired) electrons. The molecule has 2 rings (SSSR count). The van der Waals surface area contributed by atoms with E-state index in [0.717, 1.165) is 18.2 Å². The van der Waals surface area contributed by atoms with Gasteiger partial charge in [-0.05, 0) is 48.9 Å². The van der Waals surface area contributed by atoms with Crippen LogP contribution in [0.5, 0.6) is 0 Å². The number of aliphatic hydroxyl groups is 1. The summed E-state index contributed by atoms with van der Waals surface area (Å²) in [7, 11) is 0. The lowest BCUT2D eigenvalue weighted by Gasteiger charge is -2.16. The van der Waals surface area contributed by atoms with E-state index in [1.165, 1.54) is 12.8 Å². The second kappa shape index (κ2) is 5.82. The molecule has 1 fully saturated rings. The number of anilines is 1. The normalized spacial score (nSPS) is 18.4. The van der Waals surface area contributed by atoms with Crippen molar-refractivity contribution in [1.29, 1.82) is 0 Å². The Balaban J connectivity index is 2.12. The topological polar surface area (TPSA) is 72.4 Å². The Morgan fingerprint density at radius 1 is 1.56 bits per heavy atom. The predicted molar refractivity (Wildman–Crippen MR) is 70.9 cm³/mol. The molecule has 1 aromatic carbocycles. The first kappa shape index (κ1) is 13.5. The summed E-state index contributed by atoms with van der Waals surface area (Å²) < 4.78 is 21.5. The van der Waals surface area contributed by atoms with E-state index in [1.54, 1.807) is 13.0 Å². The number of hydrogen-bond acceptors (Lipinski definition) is 4. The number of rotatable bonds is 6. The van der Waals surface area contributed by atoms with Crippen LogP contribution in [-0.4, -0.2) is 20.4 Å². The van der Waals surface area contributed by atoms with Gasteiger partial charge in [0.2, 0.25) is 0 Å². The molecule has 0 spiro atoms. The summed E-state index contributed by atoms with van der Waals surface area (Å²) in [6.45, 7) is 2.60. The molecule has 1 aliphatic rings. The molecule has 0 saturated heterocycles. The molecule has 1 aliphatic carbocycles. The van der Waals surface area contributed by atoms with Crippen LogP contribution in [0.15, 0.2) is 18.2 Å². The maximum absolute atomic E-state index is 10.8. The molecule has 5 heteroatoms. The molecule has 0 bridgehead atoms. The predicted octanol–water partition coefficient (Wildman–Crippen LogP) is 1.94. The van der Waals surface area contributed by atoms with Gasteiger partial charge in [0.1, 0.15) is 0 Å². The molecule has 0 aromatic heterocycles. The minimum Gasteiger partial charge on any atom is -0.772 e. The molecule has 0 amide bonds. The van der Waals surface area contributed by atoms with Gasteiger partial charge in [0, 0.05) is 18.0 Å². The molecule has 2 unspecified atom stereocenters. The summed E-state index contributed by atoms with van der Waals surface area (Å²) in [5.41, 5.74) is 2.29. The van der Waals surface area contributed by atoms with Crippen LogP contribution in [0.25, 0.3) is 0 Å². The summed E-state index contributed by atoms with van der Waals surface area (Å²) in [5, 5.41) is 13.0. The van der Waals surface area contributed by atoms with Crippen LogP contribution in [0.2, 0.25) is 0 Å². The molecule has 1 saturated carbocycles. The van der Waals surface area contributed by atoms with Gasteiger partial charge in [0.05, 0.1) is 6.10 Å². The second-order valence-electron chi connectivity index (χ2n) is 4.86. The number of aliphatic hydroxyl groups excluding tert-OH is 1. The lowest BCUT2D eigenvalue weighted by Crippen LogP contribution is -2.06. The summed E-state index contributed by atoms with van der Waals surface area (Å²) >= 11 is -2.13. The Kier molecular flexibility index (Phi) is 4.37. The van der Waals surface area contributed by atoms with Gasteiger partial charge in [-0.1, -0.05) is 17.1 Å². The average molecular weight is 268 g/mol. The average Bonchev–Trinajstić information content (AvgIpc) is 3.10. The highest BCUT2D eigenvalue weighted by atomic mass is 32.2. The minimum atomic E-state index is -2.13. The molecular weight excluding hydrogens is 250 g/mol. The van der Waals surface area contributed by atoms with Crippen LogP contribution < -0.4 is 5.32 Å². The van der Waals surface area contributed by atoms with Crippen molar-refractivity contribution in [2.45, 2.75) is 31.6 Å². The Labute approximate surface area is 110 Å². The third kappa shape index (κ3) is 3.80. The minimum absolute atomic E-state index is 0.0524. The maximum Gasteiger partial charge on any atom is 0.0765 e. The van der Waals surface area contributed by atoms with Crippen LogP contribution in [0.3, 0.4) is 0 Å². The van der Waals surface area contributed by atoms with E-state index in [2.05, 4.69) is 5.32 Å². The van der Waals surface area contributed by atoms with Crippen molar-refractivity contribution in [3.63, 3.8) is 0 Å². The van der Waals surface area contributed by atoms with E-state index in [0.29, 0.717) is 11.1 Å². The Morgan fingerprint density at radius 2 is 2.28 bits per heavy atom. The zero-order valence-electron chi connectivity index (χ0n) is 10.4. The van der Waals surface area contributed by atoms with E-state index in [9.17, 15) is 13.9 Å². The number of benzene rings is 1. The molecular formula is C13H18NO3S-. The maximum atomic E-state index is 10.8. The molecule has 2 N–H and O–H groups in total. The van der Waals surface area contributed by atoms with Gasteiger partial charge in [-0.2, -0.15) is 0 Å². The van der Waals surface area contributed by atoms with Crippen molar-refractivity contribution in [2.75, 3.05) is 11.9 Å². The van der Waals surface area contributed by atoms with Gasteiger partial charge in [0.25, 0.3) is 0 Å². The zero-order valence-corrected chi connectivity index (χ0v) is 11.2. The first-order valence-electron chi connectivity index (χ1n) is 6.17. The fourth-order valence-electron chi connectivity index (χ4n) is 1.94. The van der Waals surface area contributed by atoms with Gasteiger partial charge in [-0.3, -0.25) is 4.21 Å². The van der Waals surface area contributed by atoms with Gasteiger partial charge < -0.3 is 15.0 Å². The van der Waals surface area contributed by atoms with Crippen LogP contribution in [0.1, 0.15) is 37.0 Å². The first-order valence-corrected chi connectivity index (χ1v) is 7.41. The van der Waals surface area contributed by atoms with Crippen LogP contribution in [0.4, 0.5) is 5.69 Å². The van der Waals surface area contributed by atoms with Crippen molar-refractivity contribution in [3.8, 4) is 0 Å². The van der Waals surface area contributed by atoms with Crippen molar-refractivity contribution in [2.24, 2.45) is 5.92 Å². The van der Waals surface area contributed by atoms with Gasteiger partial charge in [-0.15, -0.1) is 0 Å². The van der Waals surface area contributed by atoms with E-state index in [4.69, 9.17) is 0 Å². The van der Waals surface area contributed by atoms with Crippen LogP contribution in [0, 0.1) is 5.92 Å². The first-order chi connectivity index (χ1) is 8.56. The monoisotopic (exact) mass is 268 g/mol. The molecule has 100 valence electrons. The van der Waals surface area contributed by atoms with E-state index in [1.807, 2.05) is 12.1 Å². The highest BCUT2D eigenvalue weighted by Crippen LogP contribution is 2.30. The third-order valence-corrected chi connectivity index (χ3v) is 3.71. The smallest absolute Gasteiger partial charge is 0.0765 e. The largest absolute Gasteiger partial charge is 0.772 e. The lowest BCUT2D eigenvalue weighted by molar-refractivity contribution is 0.198. The van der Waals surface area contributed by atoms with E-state index >= 15 is 0 Å². The lowest BCUT2D eigenvalue weighted by atomic mass is 10.0. The van der Waals surface area contributed by atoms with Gasteiger partial charge in [0.15, 0.2) is 0 Å². The van der Waals surface area contributed by atoms with Gasteiger partial charge >= 0.3 is 0 Å². The van der Waals surface area contributed by atoms with Crippen molar-refractivity contribution < 1.29 is 13.9 Å². The standard InChI is InChI=1S/C13H19NO3S/c1-9(15)13-6-12(14-7-10-2-3-10)5-4-11(13)8-18(16)17/h4-6,9-10,14-15H,2-3,7-8H2,1H3,(H,16,17)/p-1. The molecule has 1 aromatic rings.